The number of imidazole rings is 1. The number of fused-ring (bicyclic) bond motifs is 1. The number of hydrogen-bond donors (Lipinski definition) is 0. The Bertz CT molecular complexity index is 476. The number of aromatic nitrogens is 2. The third-order valence-corrected chi connectivity index (χ3v) is 2.11. The normalized spacial score (nSPS) is 10.2. The molecule has 0 fully saturated rings. The minimum atomic E-state index is 0.683. The van der Waals surface area contributed by atoms with E-state index in [1.165, 1.54) is 0 Å². The van der Waals surface area contributed by atoms with Gasteiger partial charge in [0, 0.05) is 6.20 Å². The molecule has 0 aliphatic heterocycles. The molecule has 0 bridgehead atoms. The molecule has 3 heteroatoms. The fourth-order valence-electron chi connectivity index (χ4n) is 1.45. The summed E-state index contributed by atoms with van der Waals surface area (Å²) in [4.78, 5) is 4.04. The van der Waals surface area contributed by atoms with Crippen molar-refractivity contribution >= 4 is 5.52 Å². The lowest BCUT2D eigenvalue weighted by Crippen LogP contribution is -1.91. The molecular weight excluding hydrogens is 162 g/mol. The van der Waals surface area contributed by atoms with Gasteiger partial charge in [-0.05, 0) is 18.1 Å². The van der Waals surface area contributed by atoms with E-state index in [4.69, 9.17) is 5.26 Å². The lowest BCUT2D eigenvalue weighted by atomic mass is 10.1. The maximum absolute atomic E-state index is 8.77. The van der Waals surface area contributed by atoms with Gasteiger partial charge in [-0.25, -0.2) is 4.98 Å². The maximum atomic E-state index is 8.77. The highest BCUT2D eigenvalue weighted by molar-refractivity contribution is 5.55. The van der Waals surface area contributed by atoms with Crippen molar-refractivity contribution < 1.29 is 0 Å². The smallest absolute Gasteiger partial charge is 0.101 e. The Hall–Kier alpha value is -1.82. The summed E-state index contributed by atoms with van der Waals surface area (Å²) in [7, 11) is 0. The minimum Gasteiger partial charge on any atom is -0.305 e. The van der Waals surface area contributed by atoms with Gasteiger partial charge in [0.25, 0.3) is 0 Å². The van der Waals surface area contributed by atoms with Crippen LogP contribution in [0.2, 0.25) is 0 Å². The molecule has 0 radical (unpaired) electrons. The number of pyridine rings is 1. The lowest BCUT2D eigenvalue weighted by Gasteiger charge is -2.01. The van der Waals surface area contributed by atoms with Crippen LogP contribution in [-0.2, 0) is 6.42 Å². The molecule has 0 amide bonds. The van der Waals surface area contributed by atoms with Crippen LogP contribution in [0.15, 0.2) is 24.8 Å². The van der Waals surface area contributed by atoms with E-state index in [9.17, 15) is 0 Å². The van der Waals surface area contributed by atoms with E-state index in [0.29, 0.717) is 5.56 Å². The van der Waals surface area contributed by atoms with Crippen LogP contribution in [0.25, 0.3) is 5.52 Å². The topological polar surface area (TPSA) is 41.1 Å². The van der Waals surface area contributed by atoms with E-state index in [2.05, 4.69) is 18.0 Å². The molecule has 2 rings (SSSR count). The summed E-state index contributed by atoms with van der Waals surface area (Å²) in [5, 5.41) is 8.77. The van der Waals surface area contributed by atoms with Crippen molar-refractivity contribution in [2.75, 3.05) is 0 Å². The maximum Gasteiger partial charge on any atom is 0.101 e. The Morgan fingerprint density at radius 1 is 1.62 bits per heavy atom. The van der Waals surface area contributed by atoms with Gasteiger partial charge in [-0.2, -0.15) is 5.26 Å². The summed E-state index contributed by atoms with van der Waals surface area (Å²) in [5.41, 5.74) is 2.93. The predicted molar refractivity (Wildman–Crippen MR) is 49.3 cm³/mol. The third-order valence-electron chi connectivity index (χ3n) is 2.11. The van der Waals surface area contributed by atoms with E-state index in [1.807, 2.05) is 16.7 Å². The van der Waals surface area contributed by atoms with Crippen LogP contribution in [0, 0.1) is 11.3 Å². The molecule has 0 unspecified atom stereocenters. The van der Waals surface area contributed by atoms with Gasteiger partial charge < -0.3 is 4.40 Å². The van der Waals surface area contributed by atoms with Gasteiger partial charge >= 0.3 is 0 Å². The molecule has 0 aliphatic carbocycles. The van der Waals surface area contributed by atoms with Crippen molar-refractivity contribution in [2.24, 2.45) is 0 Å². The largest absolute Gasteiger partial charge is 0.305 e. The van der Waals surface area contributed by atoms with Crippen molar-refractivity contribution in [3.05, 3.63) is 35.9 Å². The molecule has 64 valence electrons. The van der Waals surface area contributed by atoms with Gasteiger partial charge in [0.05, 0.1) is 23.6 Å². The summed E-state index contributed by atoms with van der Waals surface area (Å²) in [5.74, 6) is 0. The molecule has 0 N–H and O–H groups in total. The molecular formula is C10H9N3. The molecule has 0 saturated carbocycles. The molecule has 0 aliphatic rings. The predicted octanol–water partition coefficient (Wildman–Crippen LogP) is 1.77. The van der Waals surface area contributed by atoms with E-state index in [-0.39, 0.29) is 0 Å². The van der Waals surface area contributed by atoms with Crippen molar-refractivity contribution in [3.8, 4) is 6.07 Å². The van der Waals surface area contributed by atoms with E-state index in [0.717, 1.165) is 17.5 Å². The molecule has 0 aromatic carbocycles. The van der Waals surface area contributed by atoms with Gasteiger partial charge in [0.2, 0.25) is 0 Å². The Balaban J connectivity index is 2.79. The van der Waals surface area contributed by atoms with Gasteiger partial charge in [-0.3, -0.25) is 0 Å². The molecule has 0 saturated heterocycles. The minimum absolute atomic E-state index is 0.683. The SMILES string of the molecule is CCc1cc(C#N)cn2cncc12. The van der Waals surface area contributed by atoms with Crippen LogP contribution in [0.3, 0.4) is 0 Å². The number of nitrogens with zero attached hydrogens (tertiary/aromatic N) is 3. The van der Waals surface area contributed by atoms with Gasteiger partial charge in [0.1, 0.15) is 6.07 Å². The standard InChI is InChI=1S/C10H9N3/c1-2-9-3-8(4-11)6-13-7-12-5-10(9)13/h3,5-7H,2H2,1H3. The Morgan fingerprint density at radius 3 is 3.15 bits per heavy atom. The summed E-state index contributed by atoms with van der Waals surface area (Å²) in [6, 6.07) is 4.05. The highest BCUT2D eigenvalue weighted by atomic mass is 15.0. The van der Waals surface area contributed by atoms with E-state index >= 15 is 0 Å². The highest BCUT2D eigenvalue weighted by Gasteiger charge is 2.01. The first-order chi connectivity index (χ1) is 6.35. The number of nitriles is 1. The molecule has 3 nitrogen and oxygen atoms in total. The Kier molecular flexibility index (Phi) is 1.75. The Morgan fingerprint density at radius 2 is 2.46 bits per heavy atom. The van der Waals surface area contributed by atoms with Crippen LogP contribution in [0.5, 0.6) is 0 Å². The first-order valence-corrected chi connectivity index (χ1v) is 4.20. The molecule has 2 aromatic rings. The van der Waals surface area contributed by atoms with Crippen LogP contribution in [-0.4, -0.2) is 9.38 Å². The second-order valence-corrected chi connectivity index (χ2v) is 2.91. The van der Waals surface area contributed by atoms with Crippen molar-refractivity contribution in [3.63, 3.8) is 0 Å². The first kappa shape index (κ1) is 7.81. The van der Waals surface area contributed by atoms with E-state index < -0.39 is 0 Å². The summed E-state index contributed by atoms with van der Waals surface area (Å²) in [6.07, 6.45) is 6.25. The zero-order valence-electron chi connectivity index (χ0n) is 7.36. The van der Waals surface area contributed by atoms with E-state index in [1.54, 1.807) is 12.5 Å². The van der Waals surface area contributed by atoms with Gasteiger partial charge in [-0.1, -0.05) is 6.92 Å². The van der Waals surface area contributed by atoms with Crippen LogP contribution in [0.4, 0.5) is 0 Å². The number of rotatable bonds is 1. The second kappa shape index (κ2) is 2.91. The average molecular weight is 171 g/mol. The number of aryl methyl sites for hydroxylation is 1. The molecule has 2 aromatic heterocycles. The number of hydrogen-bond acceptors (Lipinski definition) is 2. The zero-order valence-corrected chi connectivity index (χ0v) is 7.36. The second-order valence-electron chi connectivity index (χ2n) is 2.91. The fraction of sp³-hybridized carbons (Fsp3) is 0.200. The fourth-order valence-corrected chi connectivity index (χ4v) is 1.45. The van der Waals surface area contributed by atoms with Crippen molar-refractivity contribution in [2.45, 2.75) is 13.3 Å². The Labute approximate surface area is 76.3 Å². The molecule has 0 atom stereocenters. The van der Waals surface area contributed by atoms with Crippen molar-refractivity contribution in [1.82, 2.24) is 9.38 Å². The van der Waals surface area contributed by atoms with Gasteiger partial charge in [0.15, 0.2) is 0 Å². The molecule has 0 spiro atoms. The van der Waals surface area contributed by atoms with Crippen LogP contribution in [0.1, 0.15) is 18.1 Å². The lowest BCUT2D eigenvalue weighted by molar-refractivity contribution is 1.08. The first-order valence-electron chi connectivity index (χ1n) is 4.20. The quantitative estimate of drug-likeness (QED) is 0.656. The summed E-state index contributed by atoms with van der Waals surface area (Å²) < 4.78 is 1.89. The monoisotopic (exact) mass is 171 g/mol. The average Bonchev–Trinajstić information content (AvgIpc) is 2.63. The molecule has 13 heavy (non-hydrogen) atoms. The summed E-state index contributed by atoms with van der Waals surface area (Å²) in [6.45, 7) is 2.07. The van der Waals surface area contributed by atoms with Crippen molar-refractivity contribution in [1.29, 1.82) is 5.26 Å². The zero-order chi connectivity index (χ0) is 9.26. The molecule has 2 heterocycles. The van der Waals surface area contributed by atoms with Gasteiger partial charge in [-0.15, -0.1) is 0 Å². The van der Waals surface area contributed by atoms with Crippen LogP contribution < -0.4 is 0 Å². The third kappa shape index (κ3) is 1.17. The summed E-state index contributed by atoms with van der Waals surface area (Å²) >= 11 is 0. The van der Waals surface area contributed by atoms with Crippen LogP contribution >= 0.6 is 0 Å². The highest BCUT2D eigenvalue weighted by Crippen LogP contribution is 2.13.